The largest absolute Gasteiger partial charge is 0.392 e. The molecule has 0 aromatic rings. The van der Waals surface area contributed by atoms with Gasteiger partial charge in [0, 0.05) is 56.4 Å². The average molecular weight is 392 g/mol. The van der Waals surface area contributed by atoms with Crippen LogP contribution in [0.15, 0.2) is 0 Å². The van der Waals surface area contributed by atoms with Gasteiger partial charge in [-0.05, 0) is 49.5 Å². The van der Waals surface area contributed by atoms with Crippen LogP contribution in [0.2, 0.25) is 0 Å². The second kappa shape index (κ2) is 5.53. The summed E-state index contributed by atoms with van der Waals surface area (Å²) in [6.45, 7) is 6.88. The maximum Gasteiger partial charge on any atom is 0.0771 e. The molecule has 7 bridgehead atoms. The van der Waals surface area contributed by atoms with Gasteiger partial charge in [-0.3, -0.25) is 4.90 Å². The van der Waals surface area contributed by atoms with Crippen LogP contribution in [0.5, 0.6) is 0 Å². The number of piperidine rings is 1. The zero-order valence-corrected chi connectivity index (χ0v) is 17.8. The summed E-state index contributed by atoms with van der Waals surface area (Å²) < 4.78 is 12.0. The molecule has 0 aromatic heterocycles. The van der Waals surface area contributed by atoms with Crippen LogP contribution >= 0.6 is 0 Å². The summed E-state index contributed by atoms with van der Waals surface area (Å²) in [6, 6.07) is 0.309. The first-order valence-corrected chi connectivity index (χ1v) is 11.6. The minimum Gasteiger partial charge on any atom is -0.392 e. The first-order chi connectivity index (χ1) is 13.4. The van der Waals surface area contributed by atoms with E-state index in [0.717, 1.165) is 45.2 Å². The number of aliphatic hydroxyl groups excluding tert-OH is 1. The van der Waals surface area contributed by atoms with Gasteiger partial charge in [-0.25, -0.2) is 0 Å². The lowest BCUT2D eigenvalue weighted by atomic mass is 9.43. The number of hydrogen-bond acceptors (Lipinski definition) is 5. The van der Waals surface area contributed by atoms with Crippen LogP contribution in [-0.2, 0) is 9.47 Å². The Kier molecular flexibility index (Phi) is 3.67. The maximum atomic E-state index is 12.4. The van der Waals surface area contributed by atoms with Gasteiger partial charge >= 0.3 is 0 Å². The summed E-state index contributed by atoms with van der Waals surface area (Å²) in [4.78, 5) is 2.65. The molecule has 1 heterocycles. The van der Waals surface area contributed by atoms with E-state index < -0.39 is 5.60 Å². The van der Waals surface area contributed by atoms with E-state index in [1.165, 1.54) is 0 Å². The molecule has 5 heteroatoms. The van der Waals surface area contributed by atoms with Crippen molar-refractivity contribution in [3.63, 3.8) is 0 Å². The van der Waals surface area contributed by atoms with Crippen molar-refractivity contribution < 1.29 is 19.7 Å². The highest BCUT2D eigenvalue weighted by molar-refractivity contribution is 5.32. The van der Waals surface area contributed by atoms with Crippen LogP contribution in [0, 0.1) is 40.4 Å². The molecule has 0 aromatic carbocycles. The van der Waals surface area contributed by atoms with Crippen molar-refractivity contribution >= 4 is 0 Å². The number of methoxy groups -OCH3 is 2. The quantitative estimate of drug-likeness (QED) is 0.770. The number of hydrogen-bond donors (Lipinski definition) is 2. The number of ether oxygens (including phenoxy) is 2. The molecule has 158 valence electrons. The Labute approximate surface area is 168 Å². The van der Waals surface area contributed by atoms with Crippen molar-refractivity contribution in [3.8, 4) is 0 Å². The van der Waals surface area contributed by atoms with Gasteiger partial charge in [0.1, 0.15) is 0 Å². The molecule has 12 atom stereocenters. The lowest BCUT2D eigenvalue weighted by Gasteiger charge is -2.68. The average Bonchev–Trinajstić information content (AvgIpc) is 3.16. The molecule has 1 aliphatic heterocycles. The van der Waals surface area contributed by atoms with Gasteiger partial charge in [0.2, 0.25) is 0 Å². The number of likely N-dealkylation sites (tertiary alicyclic amines) is 1. The fraction of sp³-hybridized carbons (Fsp3) is 1.00. The summed E-state index contributed by atoms with van der Waals surface area (Å²) >= 11 is 0. The van der Waals surface area contributed by atoms with E-state index in [4.69, 9.17) is 9.47 Å². The van der Waals surface area contributed by atoms with E-state index in [9.17, 15) is 10.2 Å². The van der Waals surface area contributed by atoms with Gasteiger partial charge in [-0.2, -0.15) is 0 Å². The topological polar surface area (TPSA) is 62.2 Å². The molecule has 6 fully saturated rings. The highest BCUT2D eigenvalue weighted by Gasteiger charge is 2.83. The number of fused-ring (bicyclic) bond motifs is 2. The summed E-state index contributed by atoms with van der Waals surface area (Å²) in [6.07, 6.45) is 4.75. The van der Waals surface area contributed by atoms with E-state index in [0.29, 0.717) is 23.8 Å². The molecule has 5 aliphatic carbocycles. The third kappa shape index (κ3) is 1.73. The van der Waals surface area contributed by atoms with Crippen LogP contribution in [0.1, 0.15) is 46.0 Å². The Bertz CT molecular complexity index is 688. The van der Waals surface area contributed by atoms with Crippen molar-refractivity contribution in [3.05, 3.63) is 0 Å². The molecule has 5 saturated carbocycles. The van der Waals surface area contributed by atoms with Gasteiger partial charge in [-0.1, -0.05) is 13.8 Å². The van der Waals surface area contributed by atoms with E-state index in [1.807, 2.05) is 7.11 Å². The number of aliphatic hydroxyl groups is 2. The van der Waals surface area contributed by atoms with E-state index >= 15 is 0 Å². The van der Waals surface area contributed by atoms with Crippen molar-refractivity contribution in [1.82, 2.24) is 4.90 Å². The molecule has 5 nitrogen and oxygen atoms in total. The Balaban J connectivity index is 1.59. The molecule has 2 N–H and O–H groups in total. The summed E-state index contributed by atoms with van der Waals surface area (Å²) in [5, 5.41) is 24.0. The molecule has 0 radical (unpaired) electrons. The van der Waals surface area contributed by atoms with Gasteiger partial charge in [0.15, 0.2) is 0 Å². The molecule has 6 rings (SSSR count). The fourth-order valence-corrected chi connectivity index (χ4v) is 10.4. The predicted molar refractivity (Wildman–Crippen MR) is 105 cm³/mol. The highest BCUT2D eigenvalue weighted by atomic mass is 16.5. The second-order valence-electron chi connectivity index (χ2n) is 11.3. The Hall–Kier alpha value is -0.200. The molecular formula is C23H37NO4. The summed E-state index contributed by atoms with van der Waals surface area (Å²) in [5.74, 6) is 1.58. The standard InChI is InChI=1S/C23H37NO4/c1-5-24-11-21(2)7-6-17(25)23-13-8-12-15(27-3)10-22(26,18(13)19(12)28-4)14(20(23)24)9-16(21)23/h12-20,25-26H,5-11H2,1-4H3/t12-,13-,14+,15?,16-,17+,18-,19+,20?,21?,22+,23-/m1/s1. The predicted octanol–water partition coefficient (Wildman–Crippen LogP) is 1.90. The first-order valence-electron chi connectivity index (χ1n) is 11.6. The third-order valence-corrected chi connectivity index (χ3v) is 10.9. The van der Waals surface area contributed by atoms with Crippen molar-refractivity contribution in [2.75, 3.05) is 27.3 Å². The SMILES string of the molecule is CCN1CC2(C)CC[C@H](O)[C@]34C1[C@H](C[C@H]23)[C@@]1(O)CC(OC)[C@H]2C[C@@H]4[C@@H]1[C@H]2OC. The molecule has 0 amide bonds. The smallest absolute Gasteiger partial charge is 0.0771 e. The van der Waals surface area contributed by atoms with E-state index in [2.05, 4.69) is 18.7 Å². The van der Waals surface area contributed by atoms with Crippen LogP contribution in [0.25, 0.3) is 0 Å². The van der Waals surface area contributed by atoms with Gasteiger partial charge in [0.25, 0.3) is 0 Å². The first kappa shape index (κ1) is 18.6. The normalized spacial score (nSPS) is 64.3. The molecule has 1 saturated heterocycles. The molecule has 28 heavy (non-hydrogen) atoms. The van der Waals surface area contributed by atoms with Crippen LogP contribution in [-0.4, -0.2) is 72.4 Å². The Morgan fingerprint density at radius 3 is 2.61 bits per heavy atom. The maximum absolute atomic E-state index is 12.4. The number of rotatable bonds is 3. The van der Waals surface area contributed by atoms with Crippen molar-refractivity contribution in [2.45, 2.75) is 75.9 Å². The van der Waals surface area contributed by atoms with Crippen LogP contribution < -0.4 is 0 Å². The second-order valence-corrected chi connectivity index (χ2v) is 11.3. The van der Waals surface area contributed by atoms with E-state index in [-0.39, 0.29) is 41.0 Å². The molecule has 6 aliphatic rings. The third-order valence-electron chi connectivity index (χ3n) is 10.9. The molecule has 3 unspecified atom stereocenters. The zero-order chi connectivity index (χ0) is 19.6. The highest BCUT2D eigenvalue weighted by Crippen LogP contribution is 2.78. The monoisotopic (exact) mass is 391 g/mol. The summed E-state index contributed by atoms with van der Waals surface area (Å²) in [7, 11) is 3.61. The van der Waals surface area contributed by atoms with Gasteiger partial charge in [-0.15, -0.1) is 0 Å². The van der Waals surface area contributed by atoms with E-state index in [1.54, 1.807) is 7.11 Å². The molecule has 1 spiro atoms. The van der Waals surface area contributed by atoms with Crippen molar-refractivity contribution in [2.24, 2.45) is 40.4 Å². The zero-order valence-electron chi connectivity index (χ0n) is 17.8. The summed E-state index contributed by atoms with van der Waals surface area (Å²) in [5.41, 5.74) is -0.543. The minimum atomic E-state index is -0.731. The minimum absolute atomic E-state index is 0.0580. The number of nitrogens with zero attached hydrogens (tertiary/aromatic N) is 1. The van der Waals surface area contributed by atoms with Crippen LogP contribution in [0.4, 0.5) is 0 Å². The van der Waals surface area contributed by atoms with Crippen molar-refractivity contribution in [1.29, 1.82) is 0 Å². The lowest BCUT2D eigenvalue weighted by Crippen LogP contribution is -2.75. The lowest BCUT2D eigenvalue weighted by molar-refractivity contribution is -0.268. The van der Waals surface area contributed by atoms with Crippen LogP contribution in [0.3, 0.4) is 0 Å². The molecular weight excluding hydrogens is 354 g/mol. The van der Waals surface area contributed by atoms with Gasteiger partial charge < -0.3 is 19.7 Å². The Morgan fingerprint density at radius 2 is 1.93 bits per heavy atom. The van der Waals surface area contributed by atoms with Gasteiger partial charge in [0.05, 0.1) is 23.9 Å². The fourth-order valence-electron chi connectivity index (χ4n) is 10.4. The Morgan fingerprint density at radius 1 is 1.14 bits per heavy atom.